The summed E-state index contributed by atoms with van der Waals surface area (Å²) in [5.74, 6) is -3.46. The number of pyridine rings is 1. The van der Waals surface area contributed by atoms with Crippen molar-refractivity contribution < 1.29 is 22.0 Å². The molecule has 2 N–H and O–H groups in total. The third kappa shape index (κ3) is 4.53. The number of aromatic nitrogens is 2. The summed E-state index contributed by atoms with van der Waals surface area (Å²) in [6, 6.07) is 8.98. The summed E-state index contributed by atoms with van der Waals surface area (Å²) in [6.07, 6.45) is 3.29. The predicted octanol–water partition coefficient (Wildman–Crippen LogP) is 5.85. The Morgan fingerprint density at radius 1 is 1.15 bits per heavy atom. The fraction of sp³-hybridized carbons (Fsp3) is 0.167. The van der Waals surface area contributed by atoms with Crippen molar-refractivity contribution in [2.45, 2.75) is 20.3 Å². The maximum absolute atomic E-state index is 15.2. The van der Waals surface area contributed by atoms with Gasteiger partial charge in [-0.05, 0) is 54.8 Å². The highest BCUT2D eigenvalue weighted by Gasteiger charge is 2.25. The second-order valence-corrected chi connectivity index (χ2v) is 10.1. The second kappa shape index (κ2) is 9.15. The number of anilines is 1. The molecule has 34 heavy (non-hydrogen) atoms. The lowest BCUT2D eigenvalue weighted by Crippen LogP contribution is -2.19. The molecule has 2 aromatic heterocycles. The molecule has 0 fully saturated rings. The minimum absolute atomic E-state index is 0.115. The number of nitrogens with one attached hydrogen (secondary N) is 2. The van der Waals surface area contributed by atoms with E-state index < -0.39 is 38.7 Å². The Morgan fingerprint density at radius 3 is 2.62 bits per heavy atom. The molecule has 0 radical (unpaired) electrons. The number of ketones is 1. The minimum atomic E-state index is -3.97. The average molecular weight is 504 g/mol. The number of aromatic amines is 1. The van der Waals surface area contributed by atoms with Gasteiger partial charge in [0.1, 0.15) is 17.2 Å². The Hall–Kier alpha value is -3.30. The van der Waals surface area contributed by atoms with Gasteiger partial charge in [-0.3, -0.25) is 9.52 Å². The zero-order valence-electron chi connectivity index (χ0n) is 18.2. The van der Waals surface area contributed by atoms with Crippen LogP contribution in [0.25, 0.3) is 22.2 Å². The van der Waals surface area contributed by atoms with Gasteiger partial charge in [0.25, 0.3) is 0 Å². The van der Waals surface area contributed by atoms with Crippen LogP contribution in [0.5, 0.6) is 0 Å². The van der Waals surface area contributed by atoms with E-state index in [4.69, 9.17) is 11.6 Å². The first kappa shape index (κ1) is 23.8. The van der Waals surface area contributed by atoms with Crippen LogP contribution in [0, 0.1) is 18.6 Å². The van der Waals surface area contributed by atoms with Crippen LogP contribution in [0.3, 0.4) is 0 Å². The highest BCUT2D eigenvalue weighted by Crippen LogP contribution is 2.31. The summed E-state index contributed by atoms with van der Waals surface area (Å²) in [7, 11) is -3.97. The van der Waals surface area contributed by atoms with Crippen molar-refractivity contribution in [2.24, 2.45) is 0 Å². The second-order valence-electron chi connectivity index (χ2n) is 7.82. The molecule has 4 aromatic rings. The summed E-state index contributed by atoms with van der Waals surface area (Å²) in [5, 5.41) is 1.03. The summed E-state index contributed by atoms with van der Waals surface area (Å²) in [6.45, 7) is 3.51. The maximum Gasteiger partial charge on any atom is 0.232 e. The van der Waals surface area contributed by atoms with E-state index in [-0.39, 0.29) is 17.7 Å². The van der Waals surface area contributed by atoms with E-state index in [1.165, 1.54) is 6.20 Å². The van der Waals surface area contributed by atoms with Gasteiger partial charge < -0.3 is 4.98 Å². The molecule has 0 atom stereocenters. The molecule has 0 saturated carbocycles. The molecule has 0 unspecified atom stereocenters. The number of hydrogen-bond acceptors (Lipinski definition) is 4. The molecular formula is C24H20ClF2N3O3S. The minimum Gasteiger partial charge on any atom is -0.345 e. The number of H-pyrrole nitrogens is 1. The molecule has 2 heterocycles. The van der Waals surface area contributed by atoms with Crippen molar-refractivity contribution in [3.63, 3.8) is 0 Å². The molecule has 0 saturated heterocycles. The first-order valence-electron chi connectivity index (χ1n) is 10.4. The number of nitrogens with zero attached hydrogens (tertiary/aromatic N) is 1. The van der Waals surface area contributed by atoms with Crippen LogP contribution in [0.2, 0.25) is 5.02 Å². The molecule has 10 heteroatoms. The van der Waals surface area contributed by atoms with Crippen molar-refractivity contribution in [1.29, 1.82) is 0 Å². The predicted molar refractivity (Wildman–Crippen MR) is 129 cm³/mol. The number of rotatable bonds is 7. The summed E-state index contributed by atoms with van der Waals surface area (Å²) >= 11 is 6.04. The zero-order chi connectivity index (χ0) is 24.6. The lowest BCUT2D eigenvalue weighted by molar-refractivity contribution is 0.103. The van der Waals surface area contributed by atoms with Crippen LogP contribution >= 0.6 is 11.6 Å². The van der Waals surface area contributed by atoms with Gasteiger partial charge in [0.2, 0.25) is 10.0 Å². The lowest BCUT2D eigenvalue weighted by Gasteiger charge is -2.12. The number of aryl methyl sites for hydroxylation is 1. The molecule has 0 bridgehead atoms. The molecule has 0 aliphatic carbocycles. The van der Waals surface area contributed by atoms with Gasteiger partial charge in [0.05, 0.1) is 11.3 Å². The standard InChI is InChI=1S/C24H20ClF2N3O3S/c1-3-8-34(32,33)30-22-20(26)7-6-17(21(22)27)23(31)19-12-29-24-18(19)10-14(11-28-24)16-5-4-15(25)9-13(16)2/h4-7,9-12,30H,3,8H2,1-2H3,(H,28,29). The van der Waals surface area contributed by atoms with Crippen LogP contribution in [0.1, 0.15) is 34.8 Å². The normalized spacial score (nSPS) is 11.7. The van der Waals surface area contributed by atoms with Crippen molar-refractivity contribution in [3.05, 3.63) is 82.1 Å². The molecule has 0 aliphatic heterocycles. The highest BCUT2D eigenvalue weighted by atomic mass is 35.5. The van der Waals surface area contributed by atoms with E-state index in [1.807, 2.05) is 17.7 Å². The fourth-order valence-corrected chi connectivity index (χ4v) is 5.10. The van der Waals surface area contributed by atoms with Crippen LogP contribution in [0.4, 0.5) is 14.5 Å². The molecule has 0 aliphatic rings. The van der Waals surface area contributed by atoms with Gasteiger partial charge >= 0.3 is 0 Å². The Bertz CT molecular complexity index is 1530. The number of sulfonamides is 1. The van der Waals surface area contributed by atoms with E-state index in [0.717, 1.165) is 28.8 Å². The summed E-state index contributed by atoms with van der Waals surface area (Å²) in [4.78, 5) is 20.5. The number of carbonyl (C=O) groups excluding carboxylic acids is 1. The van der Waals surface area contributed by atoms with Gasteiger partial charge in [0.15, 0.2) is 11.6 Å². The molecule has 4 rings (SSSR count). The molecular weight excluding hydrogens is 484 g/mol. The van der Waals surface area contributed by atoms with Gasteiger partial charge in [-0.2, -0.15) is 0 Å². The number of halogens is 3. The van der Waals surface area contributed by atoms with Gasteiger partial charge in [0, 0.05) is 33.9 Å². The Morgan fingerprint density at radius 2 is 1.91 bits per heavy atom. The Labute approximate surface area is 200 Å². The average Bonchev–Trinajstić information content (AvgIpc) is 3.19. The van der Waals surface area contributed by atoms with Crippen LogP contribution in [0.15, 0.2) is 48.8 Å². The van der Waals surface area contributed by atoms with Gasteiger partial charge in [-0.1, -0.05) is 24.6 Å². The fourth-order valence-electron chi connectivity index (χ4n) is 3.73. The van der Waals surface area contributed by atoms with Crippen LogP contribution < -0.4 is 4.72 Å². The third-order valence-corrected chi connectivity index (χ3v) is 7.04. The van der Waals surface area contributed by atoms with Crippen molar-refractivity contribution >= 4 is 44.1 Å². The van der Waals surface area contributed by atoms with E-state index in [1.54, 1.807) is 31.3 Å². The largest absolute Gasteiger partial charge is 0.345 e. The Kier molecular flexibility index (Phi) is 6.42. The number of carbonyl (C=O) groups is 1. The maximum atomic E-state index is 15.2. The summed E-state index contributed by atoms with van der Waals surface area (Å²) < 4.78 is 55.4. The first-order chi connectivity index (χ1) is 16.1. The Balaban J connectivity index is 1.78. The molecule has 6 nitrogen and oxygen atoms in total. The van der Waals surface area contributed by atoms with E-state index in [9.17, 15) is 17.6 Å². The smallest absolute Gasteiger partial charge is 0.232 e. The number of hydrogen-bond donors (Lipinski definition) is 2. The van der Waals surface area contributed by atoms with E-state index in [2.05, 4.69) is 9.97 Å². The highest BCUT2D eigenvalue weighted by molar-refractivity contribution is 7.92. The van der Waals surface area contributed by atoms with Crippen LogP contribution in [-0.4, -0.2) is 29.9 Å². The molecule has 0 spiro atoms. The van der Waals surface area contributed by atoms with Gasteiger partial charge in [-0.25, -0.2) is 22.2 Å². The molecule has 0 amide bonds. The number of fused-ring (bicyclic) bond motifs is 1. The quantitative estimate of drug-likeness (QED) is 0.309. The number of benzene rings is 2. The zero-order valence-corrected chi connectivity index (χ0v) is 19.8. The first-order valence-corrected chi connectivity index (χ1v) is 12.4. The van der Waals surface area contributed by atoms with Crippen molar-refractivity contribution in [1.82, 2.24) is 9.97 Å². The van der Waals surface area contributed by atoms with Crippen molar-refractivity contribution in [2.75, 3.05) is 10.5 Å². The lowest BCUT2D eigenvalue weighted by atomic mass is 9.98. The molecule has 176 valence electrons. The van der Waals surface area contributed by atoms with Gasteiger partial charge in [-0.15, -0.1) is 0 Å². The summed E-state index contributed by atoms with van der Waals surface area (Å²) in [5.41, 5.74) is 1.67. The SMILES string of the molecule is CCCS(=O)(=O)Nc1c(F)ccc(C(=O)c2c[nH]c3ncc(-c4ccc(Cl)cc4C)cc23)c1F. The van der Waals surface area contributed by atoms with E-state index >= 15 is 4.39 Å². The molecule has 2 aromatic carbocycles. The van der Waals surface area contributed by atoms with Crippen molar-refractivity contribution in [3.8, 4) is 11.1 Å². The van der Waals surface area contributed by atoms with E-state index in [0.29, 0.717) is 16.1 Å². The third-order valence-electron chi connectivity index (χ3n) is 5.34. The topological polar surface area (TPSA) is 91.9 Å². The monoisotopic (exact) mass is 503 g/mol. The van der Waals surface area contributed by atoms with Crippen LogP contribution in [-0.2, 0) is 10.0 Å².